The minimum absolute atomic E-state index is 0.864. The Morgan fingerprint density at radius 3 is 2.87 bits per heavy atom. The average Bonchev–Trinajstić information content (AvgIpc) is 2.55. The van der Waals surface area contributed by atoms with Gasteiger partial charge in [0, 0.05) is 23.3 Å². The van der Waals surface area contributed by atoms with Crippen LogP contribution in [-0.4, -0.2) is 4.57 Å². The van der Waals surface area contributed by atoms with Gasteiger partial charge in [-0.25, -0.2) is 0 Å². The number of fused-ring (bicyclic) bond motifs is 1. The number of benzene rings is 1. The molecule has 0 bridgehead atoms. The molecule has 0 atom stereocenters. The molecule has 0 fully saturated rings. The summed E-state index contributed by atoms with van der Waals surface area (Å²) in [5.74, 6) is 0. The molecule has 0 saturated heterocycles. The Balaban J connectivity index is 2.54. The van der Waals surface area contributed by atoms with Crippen molar-refractivity contribution in [2.45, 2.75) is 20.4 Å². The van der Waals surface area contributed by atoms with E-state index in [0.717, 1.165) is 6.54 Å². The van der Waals surface area contributed by atoms with E-state index in [9.17, 15) is 0 Å². The monoisotopic (exact) mass is 219 g/mol. The zero-order valence-corrected chi connectivity index (χ0v) is 9.75. The Bertz CT molecular complexity index is 508. The summed E-state index contributed by atoms with van der Waals surface area (Å²) in [7, 11) is 0. The number of rotatable bonds is 2. The van der Waals surface area contributed by atoms with Crippen LogP contribution in [-0.2, 0) is 6.54 Å². The molecule has 2 aromatic rings. The maximum atomic E-state index is 5.70. The smallest absolute Gasteiger partial charge is 0.0485 e. The van der Waals surface area contributed by atoms with Crippen molar-refractivity contribution in [3.05, 3.63) is 47.1 Å². The van der Waals surface area contributed by atoms with Gasteiger partial charge in [0.2, 0.25) is 0 Å². The third-order valence-corrected chi connectivity index (χ3v) is 2.98. The van der Waals surface area contributed by atoms with Crippen LogP contribution < -0.4 is 0 Å². The Hall–Kier alpha value is -1.21. The van der Waals surface area contributed by atoms with Crippen LogP contribution in [0.3, 0.4) is 0 Å². The number of hydrogen-bond donors (Lipinski definition) is 0. The maximum Gasteiger partial charge on any atom is 0.0485 e. The third kappa shape index (κ3) is 1.93. The molecule has 0 aliphatic carbocycles. The first kappa shape index (κ1) is 10.3. The van der Waals surface area contributed by atoms with Crippen LogP contribution in [0.2, 0.25) is 0 Å². The van der Waals surface area contributed by atoms with E-state index in [1.54, 1.807) is 5.54 Å². The van der Waals surface area contributed by atoms with Crippen LogP contribution in [0.15, 0.2) is 41.4 Å². The van der Waals surface area contributed by atoms with Gasteiger partial charge in [-0.1, -0.05) is 29.8 Å². The molecule has 1 aromatic carbocycles. The minimum Gasteiger partial charge on any atom is -0.341 e. The van der Waals surface area contributed by atoms with E-state index in [0.29, 0.717) is 0 Å². The zero-order chi connectivity index (χ0) is 10.8. The number of allylic oxidation sites excluding steroid dienone is 1. The lowest BCUT2D eigenvalue weighted by atomic mass is 10.2. The van der Waals surface area contributed by atoms with Crippen molar-refractivity contribution < 1.29 is 0 Å². The number of aromatic nitrogens is 1. The van der Waals surface area contributed by atoms with Crippen molar-refractivity contribution in [1.29, 1.82) is 0 Å². The lowest BCUT2D eigenvalue weighted by molar-refractivity contribution is 0.791. The highest BCUT2D eigenvalue weighted by atomic mass is 35.5. The van der Waals surface area contributed by atoms with E-state index in [1.165, 1.54) is 22.2 Å². The molecule has 0 aliphatic heterocycles. The van der Waals surface area contributed by atoms with Gasteiger partial charge in [0.25, 0.3) is 0 Å². The van der Waals surface area contributed by atoms with Crippen LogP contribution in [0.1, 0.15) is 12.6 Å². The van der Waals surface area contributed by atoms with Gasteiger partial charge in [0.15, 0.2) is 0 Å². The number of para-hydroxylation sites is 1. The van der Waals surface area contributed by atoms with Gasteiger partial charge in [0.1, 0.15) is 0 Å². The van der Waals surface area contributed by atoms with Gasteiger partial charge in [-0.2, -0.15) is 0 Å². The fraction of sp³-hybridized carbons (Fsp3) is 0.231. The topological polar surface area (TPSA) is 4.93 Å². The first-order valence-electron chi connectivity index (χ1n) is 5.03. The fourth-order valence-electron chi connectivity index (χ4n) is 1.84. The third-order valence-electron chi connectivity index (χ3n) is 2.61. The predicted molar refractivity (Wildman–Crippen MR) is 66.3 cm³/mol. The molecule has 2 rings (SSSR count). The molecule has 1 nitrogen and oxygen atoms in total. The number of halogens is 1. The van der Waals surface area contributed by atoms with Gasteiger partial charge in [-0.05, 0) is 36.9 Å². The second-order valence-electron chi connectivity index (χ2n) is 3.89. The average molecular weight is 220 g/mol. The second kappa shape index (κ2) is 4.11. The molecule has 0 N–H and O–H groups in total. The predicted octanol–water partition coefficient (Wildman–Crippen LogP) is 4.09. The number of hydrogen-bond acceptors (Lipinski definition) is 0. The Kier molecular flexibility index (Phi) is 2.83. The molecule has 15 heavy (non-hydrogen) atoms. The molecule has 0 aliphatic rings. The Labute approximate surface area is 95.0 Å². The van der Waals surface area contributed by atoms with E-state index < -0.39 is 0 Å². The first-order chi connectivity index (χ1) is 7.22. The Morgan fingerprint density at radius 2 is 2.13 bits per heavy atom. The van der Waals surface area contributed by atoms with Crippen LogP contribution >= 0.6 is 11.6 Å². The molecule has 0 spiro atoms. The van der Waals surface area contributed by atoms with Crippen LogP contribution in [0.5, 0.6) is 0 Å². The van der Waals surface area contributed by atoms with E-state index in [2.05, 4.69) is 41.8 Å². The van der Waals surface area contributed by atoms with Crippen molar-refractivity contribution in [2.24, 2.45) is 0 Å². The molecule has 1 aromatic heterocycles. The highest BCUT2D eigenvalue weighted by molar-refractivity contribution is 6.25. The minimum atomic E-state index is 0.864. The largest absolute Gasteiger partial charge is 0.341 e. The van der Waals surface area contributed by atoms with Gasteiger partial charge < -0.3 is 4.57 Å². The van der Waals surface area contributed by atoms with Gasteiger partial charge in [-0.3, -0.25) is 0 Å². The second-order valence-corrected chi connectivity index (χ2v) is 4.10. The standard InChI is InChI=1S/C13H14ClN/c1-10(8-14)9-15-11(2)7-12-5-3-4-6-13(12)15/h3-8H,9H2,1-2H3/b10-8-. The van der Waals surface area contributed by atoms with Crippen molar-refractivity contribution in [3.8, 4) is 0 Å². The van der Waals surface area contributed by atoms with Crippen molar-refractivity contribution in [1.82, 2.24) is 4.57 Å². The van der Waals surface area contributed by atoms with Crippen molar-refractivity contribution in [3.63, 3.8) is 0 Å². The van der Waals surface area contributed by atoms with E-state index >= 15 is 0 Å². The summed E-state index contributed by atoms with van der Waals surface area (Å²) in [5.41, 5.74) is 5.36. The van der Waals surface area contributed by atoms with Crippen LogP contribution in [0.4, 0.5) is 0 Å². The summed E-state index contributed by atoms with van der Waals surface area (Å²) in [6, 6.07) is 10.6. The summed E-state index contributed by atoms with van der Waals surface area (Å²) in [5, 5.41) is 1.29. The van der Waals surface area contributed by atoms with Crippen molar-refractivity contribution in [2.75, 3.05) is 0 Å². The quantitative estimate of drug-likeness (QED) is 0.717. The van der Waals surface area contributed by atoms with Crippen molar-refractivity contribution >= 4 is 22.5 Å². The molecular weight excluding hydrogens is 206 g/mol. The molecule has 0 amide bonds. The molecule has 0 radical (unpaired) electrons. The molecule has 78 valence electrons. The van der Waals surface area contributed by atoms with Gasteiger partial charge in [0.05, 0.1) is 0 Å². The summed E-state index contributed by atoms with van der Waals surface area (Å²) in [6.07, 6.45) is 0. The first-order valence-corrected chi connectivity index (χ1v) is 5.47. The summed E-state index contributed by atoms with van der Waals surface area (Å²) < 4.78 is 2.28. The zero-order valence-electron chi connectivity index (χ0n) is 9.00. The van der Waals surface area contributed by atoms with E-state index in [1.807, 2.05) is 6.92 Å². The SMILES string of the molecule is C/C(=C/Cl)Cn1c(C)cc2ccccc21. The highest BCUT2D eigenvalue weighted by Gasteiger charge is 2.04. The molecule has 2 heteroatoms. The fourth-order valence-corrected chi connectivity index (χ4v) is 1.91. The summed E-state index contributed by atoms with van der Waals surface area (Å²) in [6.45, 7) is 5.03. The summed E-state index contributed by atoms with van der Waals surface area (Å²) in [4.78, 5) is 0. The van der Waals surface area contributed by atoms with Crippen LogP contribution in [0, 0.1) is 6.92 Å². The van der Waals surface area contributed by atoms with Gasteiger partial charge in [-0.15, -0.1) is 0 Å². The molecular formula is C13H14ClN. The molecule has 0 saturated carbocycles. The lowest BCUT2D eigenvalue weighted by Crippen LogP contribution is -2.00. The molecule has 1 heterocycles. The molecule has 0 unspecified atom stereocenters. The van der Waals surface area contributed by atoms with Gasteiger partial charge >= 0.3 is 0 Å². The van der Waals surface area contributed by atoms with E-state index in [-0.39, 0.29) is 0 Å². The van der Waals surface area contributed by atoms with E-state index in [4.69, 9.17) is 11.6 Å². The number of aryl methyl sites for hydroxylation is 1. The number of nitrogens with zero attached hydrogens (tertiary/aromatic N) is 1. The maximum absolute atomic E-state index is 5.70. The summed E-state index contributed by atoms with van der Waals surface area (Å²) >= 11 is 5.70. The normalized spacial score (nSPS) is 12.3. The Morgan fingerprint density at radius 1 is 1.40 bits per heavy atom. The van der Waals surface area contributed by atoms with Crippen LogP contribution in [0.25, 0.3) is 10.9 Å². The highest BCUT2D eigenvalue weighted by Crippen LogP contribution is 2.20. The lowest BCUT2D eigenvalue weighted by Gasteiger charge is -2.07.